The molecule has 16 heavy (non-hydrogen) atoms. The van der Waals surface area contributed by atoms with Crippen LogP contribution in [0.15, 0.2) is 5.10 Å². The van der Waals surface area contributed by atoms with Crippen molar-refractivity contribution in [1.29, 1.82) is 0 Å². The average Bonchev–Trinajstić information content (AvgIpc) is 2.06. The lowest BCUT2D eigenvalue weighted by molar-refractivity contribution is -0.0403. The van der Waals surface area contributed by atoms with Crippen LogP contribution in [0.5, 0.6) is 0 Å². The maximum Gasteiger partial charge on any atom is 0.248 e. The van der Waals surface area contributed by atoms with Crippen LogP contribution in [0.25, 0.3) is 0 Å². The quantitative estimate of drug-likeness (QED) is 0.591. The fourth-order valence-electron chi connectivity index (χ4n) is 1.51. The molecule has 1 aliphatic rings. The third-order valence-corrected chi connectivity index (χ3v) is 2.43. The van der Waals surface area contributed by atoms with Gasteiger partial charge in [0.1, 0.15) is 0 Å². The summed E-state index contributed by atoms with van der Waals surface area (Å²) in [5, 5.41) is 4.09. The van der Waals surface area contributed by atoms with E-state index in [9.17, 15) is 8.78 Å². The number of alkyl halides is 2. The summed E-state index contributed by atoms with van der Waals surface area (Å²) in [6.45, 7) is 6.15. The largest absolute Gasteiger partial charge is 0.307 e. The van der Waals surface area contributed by atoms with Crippen molar-refractivity contribution in [2.24, 2.45) is 10.5 Å². The fourth-order valence-corrected chi connectivity index (χ4v) is 1.51. The number of nitrogens with one attached hydrogen (secondary N) is 1. The van der Waals surface area contributed by atoms with Gasteiger partial charge < -0.3 is 5.43 Å². The Kier molecular flexibility index (Phi) is 5.66. The molecule has 0 bridgehead atoms. The minimum atomic E-state index is -2.45. The van der Waals surface area contributed by atoms with Crippen molar-refractivity contribution in [1.82, 2.24) is 5.43 Å². The van der Waals surface area contributed by atoms with Crippen LogP contribution in [-0.2, 0) is 0 Å². The third-order valence-electron chi connectivity index (χ3n) is 2.43. The zero-order valence-corrected chi connectivity index (χ0v) is 10.9. The van der Waals surface area contributed by atoms with E-state index in [1.54, 1.807) is 0 Å². The monoisotopic (exact) mass is 254 g/mol. The Balaban J connectivity index is 0.00000225. The normalized spacial score (nSPS) is 21.8. The number of hydrazone groups is 1. The second-order valence-electron chi connectivity index (χ2n) is 5.38. The molecule has 0 heterocycles. The van der Waals surface area contributed by atoms with E-state index in [4.69, 9.17) is 0 Å². The number of nitrogens with zero attached hydrogens (tertiary/aromatic N) is 1. The highest BCUT2D eigenvalue weighted by Gasteiger charge is 2.34. The van der Waals surface area contributed by atoms with E-state index in [0.717, 1.165) is 0 Å². The maximum atomic E-state index is 12.8. The van der Waals surface area contributed by atoms with Crippen molar-refractivity contribution in [3.8, 4) is 0 Å². The lowest BCUT2D eigenvalue weighted by Crippen LogP contribution is -2.34. The minimum Gasteiger partial charge on any atom is -0.307 e. The fraction of sp³-hybridized carbons (Fsp3) is 0.909. The van der Waals surface area contributed by atoms with Gasteiger partial charge in [0, 0.05) is 25.1 Å². The topological polar surface area (TPSA) is 24.4 Å². The summed E-state index contributed by atoms with van der Waals surface area (Å²) in [4.78, 5) is 0. The van der Waals surface area contributed by atoms with Crippen LogP contribution in [-0.4, -0.2) is 18.2 Å². The lowest BCUT2D eigenvalue weighted by Gasteiger charge is -2.28. The SMILES string of the molecule is CC(C)(C)/C=N/NC1CCC(F)(F)CC1.Cl. The van der Waals surface area contributed by atoms with E-state index >= 15 is 0 Å². The molecule has 0 amide bonds. The van der Waals surface area contributed by atoms with Crippen LogP contribution < -0.4 is 5.43 Å². The van der Waals surface area contributed by atoms with Gasteiger partial charge in [-0.1, -0.05) is 20.8 Å². The Morgan fingerprint density at radius 1 is 1.25 bits per heavy atom. The maximum absolute atomic E-state index is 12.8. The zero-order chi connectivity index (χ0) is 11.5. The molecule has 0 radical (unpaired) electrons. The highest BCUT2D eigenvalue weighted by Crippen LogP contribution is 2.32. The van der Waals surface area contributed by atoms with Gasteiger partial charge in [0.05, 0.1) is 0 Å². The summed E-state index contributed by atoms with van der Waals surface area (Å²) in [5.41, 5.74) is 2.99. The molecule has 0 aliphatic heterocycles. The molecular formula is C11H21ClF2N2. The Bertz CT molecular complexity index is 227. The van der Waals surface area contributed by atoms with E-state index in [-0.39, 0.29) is 36.7 Å². The Hall–Kier alpha value is -0.380. The molecule has 0 unspecified atom stereocenters. The first kappa shape index (κ1) is 15.6. The van der Waals surface area contributed by atoms with Crippen LogP contribution in [0.2, 0.25) is 0 Å². The number of halogens is 3. The molecule has 1 saturated carbocycles. The molecule has 0 spiro atoms. The summed E-state index contributed by atoms with van der Waals surface area (Å²) >= 11 is 0. The van der Waals surface area contributed by atoms with Crippen LogP contribution in [0, 0.1) is 5.41 Å². The van der Waals surface area contributed by atoms with Crippen LogP contribution in [0.4, 0.5) is 8.78 Å². The van der Waals surface area contributed by atoms with E-state index in [1.807, 2.05) is 27.0 Å². The van der Waals surface area contributed by atoms with Crippen molar-refractivity contribution < 1.29 is 8.78 Å². The standard InChI is InChI=1S/C11H20F2N2.ClH/c1-10(2,3)8-14-15-9-4-6-11(12,13)7-5-9;/h8-9,15H,4-7H2,1-3H3;1H/b14-8+;. The predicted octanol–water partition coefficient (Wildman–Crippen LogP) is 3.61. The molecule has 96 valence electrons. The summed E-state index contributed by atoms with van der Waals surface area (Å²) in [6, 6.07) is 0.114. The molecule has 0 aromatic rings. The van der Waals surface area contributed by atoms with Gasteiger partial charge in [-0.3, -0.25) is 0 Å². The molecule has 5 heteroatoms. The smallest absolute Gasteiger partial charge is 0.248 e. The van der Waals surface area contributed by atoms with E-state index in [2.05, 4.69) is 10.5 Å². The molecule has 1 N–H and O–H groups in total. The van der Waals surface area contributed by atoms with Gasteiger partial charge in [-0.05, 0) is 18.3 Å². The van der Waals surface area contributed by atoms with Crippen molar-refractivity contribution in [3.63, 3.8) is 0 Å². The first-order valence-corrected chi connectivity index (χ1v) is 5.46. The van der Waals surface area contributed by atoms with Gasteiger partial charge in [-0.25, -0.2) is 8.78 Å². The van der Waals surface area contributed by atoms with Crippen molar-refractivity contribution in [3.05, 3.63) is 0 Å². The Morgan fingerprint density at radius 3 is 2.19 bits per heavy atom. The zero-order valence-electron chi connectivity index (χ0n) is 10.1. The predicted molar refractivity (Wildman–Crippen MR) is 65.5 cm³/mol. The molecular weight excluding hydrogens is 234 g/mol. The summed E-state index contributed by atoms with van der Waals surface area (Å²) in [6.07, 6.45) is 2.80. The van der Waals surface area contributed by atoms with Crippen LogP contribution in [0.1, 0.15) is 46.5 Å². The highest BCUT2D eigenvalue weighted by atomic mass is 35.5. The molecule has 0 atom stereocenters. The number of rotatable bonds is 2. The van der Waals surface area contributed by atoms with Gasteiger partial charge in [0.2, 0.25) is 5.92 Å². The molecule has 0 aromatic carbocycles. The summed E-state index contributed by atoms with van der Waals surface area (Å²) < 4.78 is 25.6. The molecule has 0 aromatic heterocycles. The van der Waals surface area contributed by atoms with Gasteiger partial charge in [-0.2, -0.15) is 5.10 Å². The third kappa shape index (κ3) is 6.26. The Labute approximate surface area is 102 Å². The molecule has 1 rings (SSSR count). The second kappa shape index (κ2) is 5.80. The first-order valence-electron chi connectivity index (χ1n) is 5.46. The van der Waals surface area contributed by atoms with Crippen LogP contribution >= 0.6 is 12.4 Å². The average molecular weight is 255 g/mol. The van der Waals surface area contributed by atoms with Gasteiger partial charge in [-0.15, -0.1) is 12.4 Å². The Morgan fingerprint density at radius 2 is 1.75 bits per heavy atom. The van der Waals surface area contributed by atoms with Crippen LogP contribution in [0.3, 0.4) is 0 Å². The molecule has 1 fully saturated rings. The van der Waals surface area contributed by atoms with E-state index in [0.29, 0.717) is 12.8 Å². The van der Waals surface area contributed by atoms with Gasteiger partial charge in [0.25, 0.3) is 0 Å². The minimum absolute atomic E-state index is 0. The summed E-state index contributed by atoms with van der Waals surface area (Å²) in [5.74, 6) is -2.45. The summed E-state index contributed by atoms with van der Waals surface area (Å²) in [7, 11) is 0. The van der Waals surface area contributed by atoms with E-state index in [1.165, 1.54) is 0 Å². The van der Waals surface area contributed by atoms with Gasteiger partial charge in [0.15, 0.2) is 0 Å². The molecule has 2 nitrogen and oxygen atoms in total. The van der Waals surface area contributed by atoms with Crippen molar-refractivity contribution in [2.75, 3.05) is 0 Å². The highest BCUT2D eigenvalue weighted by molar-refractivity contribution is 5.85. The van der Waals surface area contributed by atoms with Crippen molar-refractivity contribution in [2.45, 2.75) is 58.4 Å². The number of hydrogen-bond acceptors (Lipinski definition) is 2. The van der Waals surface area contributed by atoms with E-state index < -0.39 is 5.92 Å². The lowest BCUT2D eigenvalue weighted by atomic mass is 9.93. The first-order chi connectivity index (χ1) is 6.79. The van der Waals surface area contributed by atoms with Crippen molar-refractivity contribution >= 4 is 18.6 Å². The number of hydrogen-bond donors (Lipinski definition) is 1. The van der Waals surface area contributed by atoms with Gasteiger partial charge >= 0.3 is 0 Å². The molecule has 0 saturated heterocycles. The molecule has 1 aliphatic carbocycles. The second-order valence-corrected chi connectivity index (χ2v) is 5.38.